The lowest BCUT2D eigenvalue weighted by Gasteiger charge is -2.17. The first-order valence-corrected chi connectivity index (χ1v) is 9.21. The molecule has 2 rings (SSSR count). The third-order valence-electron chi connectivity index (χ3n) is 3.61. The number of nitrogens with one attached hydrogen (secondary N) is 2. The van der Waals surface area contributed by atoms with Crippen molar-refractivity contribution in [1.82, 2.24) is 15.6 Å². The van der Waals surface area contributed by atoms with E-state index in [2.05, 4.69) is 20.6 Å². The number of aliphatic hydroxyl groups excluding tert-OH is 1. The molecule has 27 heavy (non-hydrogen) atoms. The van der Waals surface area contributed by atoms with Gasteiger partial charge in [-0.15, -0.1) is 35.3 Å². The summed E-state index contributed by atoms with van der Waals surface area (Å²) in [4.78, 5) is 9.98. The SMILES string of the molecule is CCNC(=NCc1ncc(C)s1)NCC(O)c1cc(OC)cc(OC)c1.I. The van der Waals surface area contributed by atoms with Crippen LogP contribution in [0, 0.1) is 6.92 Å². The van der Waals surface area contributed by atoms with E-state index in [1.807, 2.05) is 20.0 Å². The molecule has 9 heteroatoms. The van der Waals surface area contributed by atoms with Crippen LogP contribution in [0.1, 0.15) is 28.5 Å². The van der Waals surface area contributed by atoms with Gasteiger partial charge in [-0.25, -0.2) is 9.98 Å². The van der Waals surface area contributed by atoms with Crippen molar-refractivity contribution in [3.05, 3.63) is 39.8 Å². The maximum atomic E-state index is 10.5. The second-order valence-corrected chi connectivity index (χ2v) is 6.92. The van der Waals surface area contributed by atoms with Gasteiger partial charge >= 0.3 is 0 Å². The Morgan fingerprint density at radius 3 is 2.41 bits per heavy atom. The summed E-state index contributed by atoms with van der Waals surface area (Å²) in [6.45, 7) is 5.54. The number of rotatable bonds is 8. The van der Waals surface area contributed by atoms with Crippen LogP contribution in [0.5, 0.6) is 11.5 Å². The first-order valence-electron chi connectivity index (χ1n) is 8.40. The number of methoxy groups -OCH3 is 2. The summed E-state index contributed by atoms with van der Waals surface area (Å²) in [7, 11) is 3.17. The van der Waals surface area contributed by atoms with Crippen molar-refractivity contribution < 1.29 is 14.6 Å². The first-order chi connectivity index (χ1) is 12.5. The molecule has 2 aromatic rings. The van der Waals surface area contributed by atoms with Gasteiger partial charge in [-0.05, 0) is 31.5 Å². The molecule has 0 saturated carbocycles. The molecule has 0 fully saturated rings. The highest BCUT2D eigenvalue weighted by atomic mass is 127. The Morgan fingerprint density at radius 2 is 1.89 bits per heavy atom. The average molecular weight is 506 g/mol. The lowest BCUT2D eigenvalue weighted by molar-refractivity contribution is 0.180. The third-order valence-corrected chi connectivity index (χ3v) is 4.50. The molecule has 0 aliphatic carbocycles. The number of thiazole rings is 1. The van der Waals surface area contributed by atoms with Gasteiger partial charge in [-0.2, -0.15) is 0 Å². The minimum Gasteiger partial charge on any atom is -0.497 e. The topological polar surface area (TPSA) is 88.0 Å². The molecule has 1 heterocycles. The molecule has 150 valence electrons. The maximum Gasteiger partial charge on any atom is 0.191 e. The number of ether oxygens (including phenoxy) is 2. The van der Waals surface area contributed by atoms with Crippen LogP contribution in [0.25, 0.3) is 0 Å². The van der Waals surface area contributed by atoms with E-state index < -0.39 is 6.10 Å². The lowest BCUT2D eigenvalue weighted by Crippen LogP contribution is -2.39. The van der Waals surface area contributed by atoms with Crippen LogP contribution in [0.4, 0.5) is 0 Å². The van der Waals surface area contributed by atoms with Crippen LogP contribution in [0.15, 0.2) is 29.4 Å². The number of aliphatic imine (C=N–C) groups is 1. The van der Waals surface area contributed by atoms with Crippen molar-refractivity contribution in [2.45, 2.75) is 26.5 Å². The second kappa shape index (κ2) is 12.0. The zero-order chi connectivity index (χ0) is 18.9. The van der Waals surface area contributed by atoms with Gasteiger partial charge in [0.25, 0.3) is 0 Å². The van der Waals surface area contributed by atoms with Gasteiger partial charge in [0.15, 0.2) is 5.96 Å². The van der Waals surface area contributed by atoms with Gasteiger partial charge in [0.1, 0.15) is 16.5 Å². The molecule has 1 atom stereocenters. The monoisotopic (exact) mass is 506 g/mol. The summed E-state index contributed by atoms with van der Waals surface area (Å²) >= 11 is 1.63. The van der Waals surface area contributed by atoms with E-state index in [0.29, 0.717) is 36.1 Å². The number of hydrogen-bond acceptors (Lipinski definition) is 6. The Hall–Kier alpha value is -1.59. The fraction of sp³-hybridized carbons (Fsp3) is 0.444. The fourth-order valence-corrected chi connectivity index (χ4v) is 3.01. The molecule has 0 amide bonds. The van der Waals surface area contributed by atoms with Gasteiger partial charge in [-0.1, -0.05) is 0 Å². The summed E-state index contributed by atoms with van der Waals surface area (Å²) in [5.41, 5.74) is 0.708. The lowest BCUT2D eigenvalue weighted by atomic mass is 10.1. The summed E-state index contributed by atoms with van der Waals surface area (Å²) in [6, 6.07) is 5.35. The first kappa shape index (κ1) is 23.4. The number of hydrogen-bond donors (Lipinski definition) is 3. The Labute approximate surface area is 181 Å². The van der Waals surface area contributed by atoms with Crippen molar-refractivity contribution in [3.63, 3.8) is 0 Å². The van der Waals surface area contributed by atoms with Gasteiger partial charge in [0.05, 0.1) is 26.9 Å². The summed E-state index contributed by atoms with van der Waals surface area (Å²) < 4.78 is 10.5. The minimum atomic E-state index is -0.732. The molecule has 7 nitrogen and oxygen atoms in total. The molecule has 1 unspecified atom stereocenters. The number of benzene rings is 1. The molecule has 0 radical (unpaired) electrons. The number of aliphatic hydroxyl groups is 1. The zero-order valence-electron chi connectivity index (χ0n) is 16.0. The van der Waals surface area contributed by atoms with Crippen LogP contribution < -0.4 is 20.1 Å². The number of aromatic nitrogens is 1. The smallest absolute Gasteiger partial charge is 0.191 e. The molecule has 1 aromatic heterocycles. The summed E-state index contributed by atoms with van der Waals surface area (Å²) in [6.07, 6.45) is 1.11. The van der Waals surface area contributed by atoms with E-state index >= 15 is 0 Å². The Morgan fingerprint density at radius 1 is 1.22 bits per heavy atom. The number of guanidine groups is 1. The van der Waals surface area contributed by atoms with E-state index in [1.54, 1.807) is 43.8 Å². The van der Waals surface area contributed by atoms with E-state index in [1.165, 1.54) is 0 Å². The molecule has 0 aliphatic rings. The van der Waals surface area contributed by atoms with Gasteiger partial charge in [0, 0.05) is 30.2 Å². The number of aryl methyl sites for hydroxylation is 1. The second-order valence-electron chi connectivity index (χ2n) is 5.60. The molecular formula is C18H27IN4O3S. The zero-order valence-corrected chi connectivity index (χ0v) is 19.1. The maximum absolute atomic E-state index is 10.5. The Kier molecular flexibility index (Phi) is 10.4. The average Bonchev–Trinajstić information content (AvgIpc) is 3.08. The van der Waals surface area contributed by atoms with Crippen molar-refractivity contribution in [2.24, 2.45) is 4.99 Å². The molecular weight excluding hydrogens is 479 g/mol. The molecule has 0 saturated heterocycles. The van der Waals surface area contributed by atoms with Crippen LogP contribution >= 0.6 is 35.3 Å². The van der Waals surface area contributed by atoms with Crippen molar-refractivity contribution >= 4 is 41.3 Å². The molecule has 0 bridgehead atoms. The Balaban J connectivity index is 0.00000364. The molecule has 0 spiro atoms. The largest absolute Gasteiger partial charge is 0.497 e. The highest BCUT2D eigenvalue weighted by Crippen LogP contribution is 2.26. The number of halogens is 1. The van der Waals surface area contributed by atoms with Gasteiger partial charge < -0.3 is 25.2 Å². The van der Waals surface area contributed by atoms with E-state index in [4.69, 9.17) is 9.47 Å². The standard InChI is InChI=1S/C18H26N4O3S.HI/c1-5-19-18(22-11-17-20-9-12(2)26-17)21-10-16(23)13-6-14(24-3)8-15(7-13)25-4;/h6-9,16,23H,5,10-11H2,1-4H3,(H2,19,21,22);1H. The van der Waals surface area contributed by atoms with Crippen LogP contribution in [0.3, 0.4) is 0 Å². The normalized spacial score (nSPS) is 12.1. The Bertz CT molecular complexity index is 717. The quantitative estimate of drug-likeness (QED) is 0.290. The van der Waals surface area contributed by atoms with Gasteiger partial charge in [-0.3, -0.25) is 0 Å². The third kappa shape index (κ3) is 7.51. The van der Waals surface area contributed by atoms with Gasteiger partial charge in [0.2, 0.25) is 0 Å². The molecule has 0 aliphatic heterocycles. The number of nitrogens with zero attached hydrogens (tertiary/aromatic N) is 2. The van der Waals surface area contributed by atoms with Crippen LogP contribution in [-0.2, 0) is 6.54 Å². The van der Waals surface area contributed by atoms with E-state index in [-0.39, 0.29) is 24.0 Å². The van der Waals surface area contributed by atoms with Crippen molar-refractivity contribution in [2.75, 3.05) is 27.3 Å². The predicted molar refractivity (Wildman–Crippen MR) is 120 cm³/mol. The van der Waals surface area contributed by atoms with Crippen LogP contribution in [0.2, 0.25) is 0 Å². The van der Waals surface area contributed by atoms with E-state index in [9.17, 15) is 5.11 Å². The molecule has 3 N–H and O–H groups in total. The summed E-state index contributed by atoms with van der Waals surface area (Å²) in [5, 5.41) is 17.8. The van der Waals surface area contributed by atoms with Crippen molar-refractivity contribution in [3.8, 4) is 11.5 Å². The van der Waals surface area contributed by atoms with Crippen molar-refractivity contribution in [1.29, 1.82) is 0 Å². The van der Waals surface area contributed by atoms with Crippen LogP contribution in [-0.4, -0.2) is 43.4 Å². The minimum absolute atomic E-state index is 0. The summed E-state index contributed by atoms with van der Waals surface area (Å²) in [5.74, 6) is 1.91. The molecule has 1 aromatic carbocycles. The highest BCUT2D eigenvalue weighted by molar-refractivity contribution is 14.0. The van der Waals surface area contributed by atoms with E-state index in [0.717, 1.165) is 16.4 Å². The fourth-order valence-electron chi connectivity index (χ4n) is 2.30. The highest BCUT2D eigenvalue weighted by Gasteiger charge is 2.12. The predicted octanol–water partition coefficient (Wildman–Crippen LogP) is 2.88.